The van der Waals surface area contributed by atoms with Crippen molar-refractivity contribution in [2.75, 3.05) is 13.1 Å². The number of aryl methyl sites for hydroxylation is 1. The monoisotopic (exact) mass is 231 g/mol. The van der Waals surface area contributed by atoms with Crippen molar-refractivity contribution in [2.24, 2.45) is 0 Å². The molecule has 0 bridgehead atoms. The van der Waals surface area contributed by atoms with Crippen molar-refractivity contribution in [3.05, 3.63) is 35.4 Å². The molecule has 1 saturated heterocycles. The third-order valence-electron chi connectivity index (χ3n) is 3.97. The van der Waals surface area contributed by atoms with Gasteiger partial charge < -0.3 is 10.1 Å². The normalized spacial score (nSPS) is 31.2. The first kappa shape index (κ1) is 11.2. The lowest BCUT2D eigenvalue weighted by Crippen LogP contribution is -2.60. The van der Waals surface area contributed by atoms with Crippen molar-refractivity contribution in [3.8, 4) is 0 Å². The van der Waals surface area contributed by atoms with E-state index in [2.05, 4.69) is 43.4 Å². The SMILES string of the molecule is CC1(C)CNCC2(CCc3ccccc3C2)O1. The molecule has 1 N–H and O–H groups in total. The van der Waals surface area contributed by atoms with Gasteiger partial charge in [0.2, 0.25) is 0 Å². The molecule has 1 aliphatic heterocycles. The summed E-state index contributed by atoms with van der Waals surface area (Å²) < 4.78 is 6.40. The number of fused-ring (bicyclic) bond motifs is 1. The molecule has 17 heavy (non-hydrogen) atoms. The molecule has 1 unspecified atom stereocenters. The maximum atomic E-state index is 6.40. The average molecular weight is 231 g/mol. The van der Waals surface area contributed by atoms with Gasteiger partial charge >= 0.3 is 0 Å². The first-order valence-corrected chi connectivity index (χ1v) is 6.56. The summed E-state index contributed by atoms with van der Waals surface area (Å²) in [6.07, 6.45) is 3.34. The van der Waals surface area contributed by atoms with Crippen molar-refractivity contribution in [3.63, 3.8) is 0 Å². The molecule has 1 heterocycles. The quantitative estimate of drug-likeness (QED) is 0.740. The molecule has 0 amide bonds. The molecule has 92 valence electrons. The molecule has 0 radical (unpaired) electrons. The summed E-state index contributed by atoms with van der Waals surface area (Å²) in [5, 5.41) is 3.54. The highest BCUT2D eigenvalue weighted by Gasteiger charge is 2.42. The van der Waals surface area contributed by atoms with Crippen LogP contribution in [0.2, 0.25) is 0 Å². The second-order valence-corrected chi connectivity index (χ2v) is 6.09. The third kappa shape index (κ3) is 2.12. The Hall–Kier alpha value is -0.860. The fraction of sp³-hybridized carbons (Fsp3) is 0.600. The highest BCUT2D eigenvalue weighted by molar-refractivity contribution is 5.32. The molecule has 1 atom stereocenters. The number of hydrogen-bond acceptors (Lipinski definition) is 2. The van der Waals surface area contributed by atoms with E-state index in [-0.39, 0.29) is 11.2 Å². The second-order valence-electron chi connectivity index (χ2n) is 6.09. The summed E-state index contributed by atoms with van der Waals surface area (Å²) >= 11 is 0. The Kier molecular flexibility index (Phi) is 2.53. The van der Waals surface area contributed by atoms with Crippen LogP contribution in [0.3, 0.4) is 0 Å². The molecule has 1 spiro atoms. The van der Waals surface area contributed by atoms with Gasteiger partial charge in [-0.25, -0.2) is 0 Å². The molecule has 2 heteroatoms. The van der Waals surface area contributed by atoms with Gasteiger partial charge in [-0.05, 0) is 37.8 Å². The van der Waals surface area contributed by atoms with Crippen LogP contribution in [0.25, 0.3) is 0 Å². The first-order chi connectivity index (χ1) is 8.09. The van der Waals surface area contributed by atoms with Crippen LogP contribution < -0.4 is 5.32 Å². The first-order valence-electron chi connectivity index (χ1n) is 6.56. The summed E-state index contributed by atoms with van der Waals surface area (Å²) in [6.45, 7) is 6.31. The number of nitrogens with one attached hydrogen (secondary N) is 1. The van der Waals surface area contributed by atoms with Crippen LogP contribution in [0.1, 0.15) is 31.4 Å². The van der Waals surface area contributed by atoms with Crippen LogP contribution in [-0.4, -0.2) is 24.3 Å². The molecule has 1 aromatic carbocycles. The molecule has 2 aliphatic rings. The topological polar surface area (TPSA) is 21.3 Å². The van der Waals surface area contributed by atoms with E-state index in [4.69, 9.17) is 4.74 Å². The van der Waals surface area contributed by atoms with Gasteiger partial charge in [-0.3, -0.25) is 0 Å². The molecular formula is C15H21NO. The van der Waals surface area contributed by atoms with Crippen molar-refractivity contribution in [2.45, 2.75) is 44.3 Å². The van der Waals surface area contributed by atoms with Gasteiger partial charge in [0.15, 0.2) is 0 Å². The van der Waals surface area contributed by atoms with E-state index in [1.54, 1.807) is 0 Å². The van der Waals surface area contributed by atoms with Gasteiger partial charge in [0.05, 0.1) is 11.2 Å². The lowest BCUT2D eigenvalue weighted by molar-refractivity contribution is -0.166. The number of benzene rings is 1. The zero-order valence-corrected chi connectivity index (χ0v) is 10.8. The molecular weight excluding hydrogens is 210 g/mol. The van der Waals surface area contributed by atoms with Gasteiger partial charge in [-0.1, -0.05) is 24.3 Å². The minimum Gasteiger partial charge on any atom is -0.366 e. The fourth-order valence-electron chi connectivity index (χ4n) is 3.26. The zero-order chi connectivity index (χ0) is 11.9. The highest BCUT2D eigenvalue weighted by Crippen LogP contribution is 2.36. The summed E-state index contributed by atoms with van der Waals surface area (Å²) in [5.41, 5.74) is 2.96. The minimum absolute atomic E-state index is 0.0239. The summed E-state index contributed by atoms with van der Waals surface area (Å²) in [6, 6.07) is 8.78. The van der Waals surface area contributed by atoms with Crippen LogP contribution in [0.15, 0.2) is 24.3 Å². The van der Waals surface area contributed by atoms with Gasteiger partial charge in [-0.15, -0.1) is 0 Å². The van der Waals surface area contributed by atoms with Gasteiger partial charge in [0, 0.05) is 19.5 Å². The van der Waals surface area contributed by atoms with Gasteiger partial charge in [0.1, 0.15) is 0 Å². The van der Waals surface area contributed by atoms with Crippen LogP contribution in [0.5, 0.6) is 0 Å². The van der Waals surface area contributed by atoms with E-state index in [0.29, 0.717) is 0 Å². The minimum atomic E-state index is -0.0372. The summed E-state index contributed by atoms with van der Waals surface area (Å²) in [5.74, 6) is 0. The highest BCUT2D eigenvalue weighted by atomic mass is 16.5. The van der Waals surface area contributed by atoms with E-state index in [9.17, 15) is 0 Å². The second kappa shape index (κ2) is 3.82. The molecule has 3 rings (SSSR count). The van der Waals surface area contributed by atoms with Crippen molar-refractivity contribution >= 4 is 0 Å². The van der Waals surface area contributed by atoms with E-state index in [1.807, 2.05) is 0 Å². The van der Waals surface area contributed by atoms with Gasteiger partial charge in [0.25, 0.3) is 0 Å². The van der Waals surface area contributed by atoms with Crippen molar-refractivity contribution in [1.29, 1.82) is 0 Å². The predicted octanol–water partition coefficient (Wildman–Crippen LogP) is 2.31. The zero-order valence-electron chi connectivity index (χ0n) is 10.8. The summed E-state index contributed by atoms with van der Waals surface area (Å²) in [4.78, 5) is 0. The molecule has 0 saturated carbocycles. The Morgan fingerprint density at radius 1 is 1.12 bits per heavy atom. The fourth-order valence-corrected chi connectivity index (χ4v) is 3.26. The molecule has 2 nitrogen and oxygen atoms in total. The maximum absolute atomic E-state index is 6.40. The average Bonchev–Trinajstić information content (AvgIpc) is 2.27. The number of rotatable bonds is 0. The van der Waals surface area contributed by atoms with Crippen LogP contribution in [-0.2, 0) is 17.6 Å². The Labute approximate surface area is 103 Å². The molecule has 0 aromatic heterocycles. The van der Waals surface area contributed by atoms with Crippen LogP contribution in [0.4, 0.5) is 0 Å². The summed E-state index contributed by atoms with van der Waals surface area (Å²) in [7, 11) is 0. The Balaban J connectivity index is 1.87. The maximum Gasteiger partial charge on any atom is 0.0857 e. The lowest BCUT2D eigenvalue weighted by Gasteiger charge is -2.48. The molecule has 1 fully saturated rings. The number of morpholine rings is 1. The van der Waals surface area contributed by atoms with E-state index in [1.165, 1.54) is 11.1 Å². The largest absolute Gasteiger partial charge is 0.366 e. The molecule has 1 aromatic rings. The molecule has 1 aliphatic carbocycles. The number of hydrogen-bond donors (Lipinski definition) is 1. The third-order valence-corrected chi connectivity index (χ3v) is 3.97. The number of ether oxygens (including phenoxy) is 1. The van der Waals surface area contributed by atoms with Gasteiger partial charge in [-0.2, -0.15) is 0 Å². The Morgan fingerprint density at radius 2 is 1.88 bits per heavy atom. The van der Waals surface area contributed by atoms with E-state index >= 15 is 0 Å². The Morgan fingerprint density at radius 3 is 2.65 bits per heavy atom. The van der Waals surface area contributed by atoms with E-state index < -0.39 is 0 Å². The van der Waals surface area contributed by atoms with Crippen molar-refractivity contribution < 1.29 is 4.74 Å². The smallest absolute Gasteiger partial charge is 0.0857 e. The Bertz CT molecular complexity index is 427. The van der Waals surface area contributed by atoms with E-state index in [0.717, 1.165) is 32.4 Å². The predicted molar refractivity (Wildman–Crippen MR) is 69.2 cm³/mol. The van der Waals surface area contributed by atoms with Crippen LogP contribution in [0, 0.1) is 0 Å². The standard InChI is InChI=1S/C15H21NO/c1-14(2)10-16-11-15(17-14)8-7-12-5-3-4-6-13(12)9-15/h3-6,16H,7-11H2,1-2H3. The lowest BCUT2D eigenvalue weighted by atomic mass is 9.79. The van der Waals surface area contributed by atoms with Crippen molar-refractivity contribution in [1.82, 2.24) is 5.32 Å². The van der Waals surface area contributed by atoms with Crippen LogP contribution >= 0.6 is 0 Å².